The molecule has 1 atom stereocenters. The van der Waals surface area contributed by atoms with E-state index in [1.54, 1.807) is 24.0 Å². The first-order valence-corrected chi connectivity index (χ1v) is 6.21. The standard InChI is InChI=1S/C11H17N3OS/c1-3-7(2)6-16-11-9(10(13)15)4-8(12)5-14-11/h4-5,7H,3,6,12H2,1-2H3,(H2,13,15). The van der Waals surface area contributed by atoms with Gasteiger partial charge in [-0.05, 0) is 12.0 Å². The van der Waals surface area contributed by atoms with Crippen LogP contribution in [0.25, 0.3) is 0 Å². The smallest absolute Gasteiger partial charge is 0.251 e. The number of hydrogen-bond acceptors (Lipinski definition) is 4. The number of aromatic nitrogens is 1. The van der Waals surface area contributed by atoms with Gasteiger partial charge >= 0.3 is 0 Å². The molecule has 1 unspecified atom stereocenters. The number of hydrogen-bond donors (Lipinski definition) is 2. The minimum absolute atomic E-state index is 0.410. The molecule has 1 amide bonds. The highest BCUT2D eigenvalue weighted by Gasteiger charge is 2.11. The van der Waals surface area contributed by atoms with E-state index in [1.165, 1.54) is 0 Å². The predicted molar refractivity (Wildman–Crippen MR) is 67.3 cm³/mol. The number of rotatable bonds is 5. The Hall–Kier alpha value is -1.23. The van der Waals surface area contributed by atoms with E-state index in [2.05, 4.69) is 18.8 Å². The summed E-state index contributed by atoms with van der Waals surface area (Å²) in [5, 5.41) is 0.669. The topological polar surface area (TPSA) is 82.0 Å². The fraction of sp³-hybridized carbons (Fsp3) is 0.455. The van der Waals surface area contributed by atoms with Crippen LogP contribution in [-0.2, 0) is 0 Å². The first-order valence-electron chi connectivity index (χ1n) is 5.22. The molecule has 5 heteroatoms. The molecule has 4 nitrogen and oxygen atoms in total. The summed E-state index contributed by atoms with van der Waals surface area (Å²) in [7, 11) is 0. The zero-order valence-corrected chi connectivity index (χ0v) is 10.4. The van der Waals surface area contributed by atoms with Crippen LogP contribution < -0.4 is 11.5 Å². The summed E-state index contributed by atoms with van der Waals surface area (Å²) in [4.78, 5) is 15.3. The number of pyridine rings is 1. The van der Waals surface area contributed by atoms with Gasteiger partial charge in [0.15, 0.2) is 0 Å². The molecule has 0 saturated carbocycles. The van der Waals surface area contributed by atoms with Crippen LogP contribution in [0.15, 0.2) is 17.3 Å². The Morgan fingerprint density at radius 3 is 2.88 bits per heavy atom. The van der Waals surface area contributed by atoms with Gasteiger partial charge in [0.05, 0.1) is 17.4 Å². The Balaban J connectivity index is 2.82. The molecule has 0 bridgehead atoms. The second-order valence-corrected chi connectivity index (χ2v) is 4.82. The Bertz CT molecular complexity index is 381. The summed E-state index contributed by atoms with van der Waals surface area (Å²) in [6.07, 6.45) is 2.65. The van der Waals surface area contributed by atoms with Crippen molar-refractivity contribution in [1.29, 1.82) is 0 Å². The van der Waals surface area contributed by atoms with E-state index in [-0.39, 0.29) is 0 Å². The van der Waals surface area contributed by atoms with Crippen molar-refractivity contribution in [2.75, 3.05) is 11.5 Å². The number of amides is 1. The van der Waals surface area contributed by atoms with Gasteiger partial charge in [-0.1, -0.05) is 20.3 Å². The maximum atomic E-state index is 11.2. The van der Waals surface area contributed by atoms with Gasteiger partial charge in [0, 0.05) is 5.75 Å². The van der Waals surface area contributed by atoms with Crippen LogP contribution in [0.5, 0.6) is 0 Å². The van der Waals surface area contributed by atoms with Crippen molar-refractivity contribution in [3.8, 4) is 0 Å². The number of primary amides is 1. The Morgan fingerprint density at radius 1 is 1.62 bits per heavy atom. The van der Waals surface area contributed by atoms with Gasteiger partial charge in [-0.3, -0.25) is 4.79 Å². The third-order valence-corrected chi connectivity index (χ3v) is 3.67. The number of thioether (sulfide) groups is 1. The molecule has 1 rings (SSSR count). The quantitative estimate of drug-likeness (QED) is 0.769. The number of nitrogens with two attached hydrogens (primary N) is 2. The van der Waals surface area contributed by atoms with E-state index >= 15 is 0 Å². The van der Waals surface area contributed by atoms with Crippen LogP contribution in [0.4, 0.5) is 5.69 Å². The second-order valence-electron chi connectivity index (χ2n) is 3.81. The van der Waals surface area contributed by atoms with E-state index in [4.69, 9.17) is 11.5 Å². The van der Waals surface area contributed by atoms with Gasteiger partial charge < -0.3 is 11.5 Å². The summed E-state index contributed by atoms with van der Waals surface area (Å²) < 4.78 is 0. The van der Waals surface area contributed by atoms with Crippen molar-refractivity contribution in [1.82, 2.24) is 4.98 Å². The molecular formula is C11H17N3OS. The summed E-state index contributed by atoms with van der Waals surface area (Å²) in [5.74, 6) is 1.03. The SMILES string of the molecule is CCC(C)CSc1ncc(N)cc1C(N)=O. The number of nitrogens with zero attached hydrogens (tertiary/aromatic N) is 1. The van der Waals surface area contributed by atoms with E-state index in [1.807, 2.05) is 0 Å². The van der Waals surface area contributed by atoms with Crippen LogP contribution in [0.3, 0.4) is 0 Å². The first kappa shape index (κ1) is 12.8. The van der Waals surface area contributed by atoms with Gasteiger partial charge in [0.1, 0.15) is 5.03 Å². The molecule has 1 aromatic rings. The molecule has 0 radical (unpaired) electrons. The van der Waals surface area contributed by atoms with Crippen LogP contribution in [-0.4, -0.2) is 16.6 Å². The summed E-state index contributed by atoms with van der Waals surface area (Å²) in [5.41, 5.74) is 11.7. The highest BCUT2D eigenvalue weighted by Crippen LogP contribution is 2.24. The lowest BCUT2D eigenvalue weighted by molar-refractivity contribution is 0.0997. The van der Waals surface area contributed by atoms with Crippen molar-refractivity contribution in [3.05, 3.63) is 17.8 Å². The molecule has 88 valence electrons. The molecule has 4 N–H and O–H groups in total. The van der Waals surface area contributed by atoms with Crippen molar-refractivity contribution in [2.45, 2.75) is 25.3 Å². The number of carbonyl (C=O) groups excluding carboxylic acids is 1. The van der Waals surface area contributed by atoms with Gasteiger partial charge in [0.2, 0.25) is 0 Å². The average molecular weight is 239 g/mol. The zero-order chi connectivity index (χ0) is 12.1. The van der Waals surface area contributed by atoms with Crippen LogP contribution in [0.1, 0.15) is 30.6 Å². The Labute approximate surface area is 99.8 Å². The minimum atomic E-state index is -0.480. The second kappa shape index (κ2) is 5.75. The number of nitrogen functional groups attached to an aromatic ring is 1. The van der Waals surface area contributed by atoms with Crippen LogP contribution in [0.2, 0.25) is 0 Å². The van der Waals surface area contributed by atoms with E-state index < -0.39 is 5.91 Å². The van der Waals surface area contributed by atoms with Crippen molar-refractivity contribution in [3.63, 3.8) is 0 Å². The lowest BCUT2D eigenvalue weighted by Gasteiger charge is -2.09. The molecule has 0 aromatic carbocycles. The maximum Gasteiger partial charge on any atom is 0.251 e. The predicted octanol–water partition coefficient (Wildman–Crippen LogP) is 1.90. The van der Waals surface area contributed by atoms with Crippen molar-refractivity contribution < 1.29 is 4.79 Å². The molecule has 16 heavy (non-hydrogen) atoms. The average Bonchev–Trinajstić information content (AvgIpc) is 2.26. The molecule has 0 saturated heterocycles. The van der Waals surface area contributed by atoms with Gasteiger partial charge in [-0.25, -0.2) is 4.98 Å². The molecule has 0 aliphatic rings. The van der Waals surface area contributed by atoms with E-state index in [0.29, 0.717) is 22.2 Å². The van der Waals surface area contributed by atoms with Gasteiger partial charge in [0.25, 0.3) is 5.91 Å². The van der Waals surface area contributed by atoms with E-state index in [9.17, 15) is 4.79 Å². The normalized spacial score (nSPS) is 12.4. The highest BCUT2D eigenvalue weighted by atomic mass is 32.2. The van der Waals surface area contributed by atoms with Crippen LogP contribution >= 0.6 is 11.8 Å². The summed E-state index contributed by atoms with van der Waals surface area (Å²) in [6.45, 7) is 4.30. The fourth-order valence-corrected chi connectivity index (χ4v) is 2.22. The van der Waals surface area contributed by atoms with Crippen LogP contribution in [0, 0.1) is 5.92 Å². The molecular weight excluding hydrogens is 222 g/mol. The highest BCUT2D eigenvalue weighted by molar-refractivity contribution is 7.99. The summed E-state index contributed by atoms with van der Waals surface area (Å²) >= 11 is 1.55. The zero-order valence-electron chi connectivity index (χ0n) is 9.56. The number of anilines is 1. The monoisotopic (exact) mass is 239 g/mol. The van der Waals surface area contributed by atoms with Crippen molar-refractivity contribution in [2.24, 2.45) is 11.7 Å². The Kier molecular flexibility index (Phi) is 4.61. The largest absolute Gasteiger partial charge is 0.397 e. The molecule has 0 aliphatic heterocycles. The third-order valence-electron chi connectivity index (χ3n) is 2.34. The molecule has 0 spiro atoms. The Morgan fingerprint density at radius 2 is 2.31 bits per heavy atom. The third kappa shape index (κ3) is 3.41. The molecule has 0 fully saturated rings. The lowest BCUT2D eigenvalue weighted by atomic mass is 10.2. The molecule has 1 aromatic heterocycles. The lowest BCUT2D eigenvalue weighted by Crippen LogP contribution is -2.14. The maximum absolute atomic E-state index is 11.2. The summed E-state index contributed by atoms with van der Waals surface area (Å²) in [6, 6.07) is 1.58. The van der Waals surface area contributed by atoms with Crippen molar-refractivity contribution >= 4 is 23.4 Å². The molecule has 0 aliphatic carbocycles. The van der Waals surface area contributed by atoms with Gasteiger partial charge in [-0.15, -0.1) is 11.8 Å². The first-order chi connectivity index (χ1) is 7.54. The van der Waals surface area contributed by atoms with E-state index in [0.717, 1.165) is 12.2 Å². The van der Waals surface area contributed by atoms with Gasteiger partial charge in [-0.2, -0.15) is 0 Å². The molecule has 1 heterocycles. The fourth-order valence-electron chi connectivity index (χ4n) is 1.10. The number of carbonyl (C=O) groups is 1. The minimum Gasteiger partial charge on any atom is -0.397 e.